The van der Waals surface area contributed by atoms with Crippen molar-refractivity contribution < 1.29 is 8.78 Å². The summed E-state index contributed by atoms with van der Waals surface area (Å²) < 4.78 is 28.6. The van der Waals surface area contributed by atoms with E-state index in [0.29, 0.717) is 5.82 Å². The molecule has 1 heterocycles. The van der Waals surface area contributed by atoms with Gasteiger partial charge in [0.15, 0.2) is 5.82 Å². The predicted octanol–water partition coefficient (Wildman–Crippen LogP) is 10.4. The highest BCUT2D eigenvalue weighted by atomic mass is 19.1. The first-order chi connectivity index (χ1) is 21.2. The second-order valence-corrected chi connectivity index (χ2v) is 10.1. The molecule has 206 valence electrons. The molecule has 1 aromatic heterocycles. The molecule has 0 saturated carbocycles. The number of para-hydroxylation sites is 2. The van der Waals surface area contributed by atoms with Crippen molar-refractivity contribution in [1.29, 1.82) is 0 Å². The Morgan fingerprint density at radius 3 is 1.84 bits per heavy atom. The molecule has 0 unspecified atom stereocenters. The predicted molar refractivity (Wildman–Crippen MR) is 170 cm³/mol. The van der Waals surface area contributed by atoms with Gasteiger partial charge in [0.25, 0.3) is 0 Å². The second kappa shape index (κ2) is 11.3. The maximum absolute atomic E-state index is 14.4. The van der Waals surface area contributed by atoms with Gasteiger partial charge in [-0.05, 0) is 54.1 Å². The first-order valence-electron chi connectivity index (χ1n) is 14.0. The normalized spacial score (nSPS) is 11.0. The van der Waals surface area contributed by atoms with Crippen LogP contribution in [0.2, 0.25) is 0 Å². The number of hydrogen-bond donors (Lipinski definition) is 0. The molecule has 0 N–H and O–H groups in total. The summed E-state index contributed by atoms with van der Waals surface area (Å²) in [6.45, 7) is 0. The maximum atomic E-state index is 14.4. The molecular formula is C38H25F2N3. The molecule has 7 aromatic rings. The van der Waals surface area contributed by atoms with Crippen LogP contribution in [0, 0.1) is 11.6 Å². The molecule has 0 fully saturated rings. The average molecular weight is 562 g/mol. The highest BCUT2D eigenvalue weighted by Crippen LogP contribution is 2.44. The molecule has 0 radical (unpaired) electrons. The fourth-order valence-corrected chi connectivity index (χ4v) is 5.42. The lowest BCUT2D eigenvalue weighted by Gasteiger charge is -2.29. The van der Waals surface area contributed by atoms with Crippen molar-refractivity contribution in [3.63, 3.8) is 0 Å². The zero-order chi connectivity index (χ0) is 29.2. The fraction of sp³-hybridized carbons (Fsp3) is 0. The molecular weight excluding hydrogens is 536 g/mol. The lowest BCUT2D eigenvalue weighted by molar-refractivity contribution is 0.627. The molecule has 0 spiro atoms. The van der Waals surface area contributed by atoms with Crippen LogP contribution in [0.25, 0.3) is 44.7 Å². The van der Waals surface area contributed by atoms with Crippen LogP contribution in [0.15, 0.2) is 152 Å². The molecule has 0 amide bonds. The summed E-state index contributed by atoms with van der Waals surface area (Å²) in [6.07, 6.45) is 0. The summed E-state index contributed by atoms with van der Waals surface area (Å²) in [7, 11) is 0. The van der Waals surface area contributed by atoms with Gasteiger partial charge in [0.2, 0.25) is 0 Å². The number of hydrogen-bond acceptors (Lipinski definition) is 3. The summed E-state index contributed by atoms with van der Waals surface area (Å²) in [5.41, 5.74) is 7.27. The number of anilines is 3. The van der Waals surface area contributed by atoms with Crippen LogP contribution in [0.5, 0.6) is 0 Å². The van der Waals surface area contributed by atoms with Gasteiger partial charge in [-0.25, -0.2) is 18.7 Å². The third-order valence-corrected chi connectivity index (χ3v) is 7.39. The van der Waals surface area contributed by atoms with Gasteiger partial charge >= 0.3 is 0 Å². The molecule has 6 aromatic carbocycles. The molecule has 0 aliphatic heterocycles. The number of aromatic nitrogens is 2. The van der Waals surface area contributed by atoms with Gasteiger partial charge in [0, 0.05) is 27.8 Å². The lowest BCUT2D eigenvalue weighted by Crippen LogP contribution is -2.12. The van der Waals surface area contributed by atoms with E-state index in [1.807, 2.05) is 109 Å². The van der Waals surface area contributed by atoms with Crippen LogP contribution in [0.3, 0.4) is 0 Å². The Morgan fingerprint density at radius 1 is 0.465 bits per heavy atom. The van der Waals surface area contributed by atoms with Crippen LogP contribution in [-0.4, -0.2) is 9.97 Å². The van der Waals surface area contributed by atoms with E-state index >= 15 is 0 Å². The van der Waals surface area contributed by atoms with Gasteiger partial charge in [-0.2, -0.15) is 0 Å². The van der Waals surface area contributed by atoms with Crippen molar-refractivity contribution in [1.82, 2.24) is 9.97 Å². The Hall–Kier alpha value is -5.68. The highest BCUT2D eigenvalue weighted by Gasteiger charge is 2.22. The van der Waals surface area contributed by atoms with Crippen LogP contribution < -0.4 is 4.90 Å². The summed E-state index contributed by atoms with van der Waals surface area (Å²) in [4.78, 5) is 12.3. The van der Waals surface area contributed by atoms with Crippen LogP contribution in [0.1, 0.15) is 0 Å². The summed E-state index contributed by atoms with van der Waals surface area (Å²) in [5, 5.41) is 0.874. The monoisotopic (exact) mass is 561 g/mol. The molecule has 0 aliphatic rings. The first kappa shape index (κ1) is 26.2. The molecule has 3 nitrogen and oxygen atoms in total. The largest absolute Gasteiger partial charge is 0.308 e. The quantitative estimate of drug-likeness (QED) is 0.202. The standard InChI is InChI=1S/C38H25F2N3/c39-29-21-23-31(24-22-29)43(34-19-8-7-17-32(34)28-15-9-16-30(40)25-28)35-20-10-18-33-36(26-11-3-1-4-12-26)41-38(42-37(33)35)27-13-5-2-6-14-27/h1-25H. The topological polar surface area (TPSA) is 29.0 Å². The van der Waals surface area contributed by atoms with E-state index in [4.69, 9.17) is 9.97 Å². The minimum Gasteiger partial charge on any atom is -0.308 e. The maximum Gasteiger partial charge on any atom is 0.160 e. The molecule has 0 bridgehead atoms. The van der Waals surface area contributed by atoms with Crippen LogP contribution in [-0.2, 0) is 0 Å². The SMILES string of the molecule is Fc1ccc(N(c2ccccc2-c2cccc(F)c2)c2cccc3c(-c4ccccc4)nc(-c4ccccc4)nc23)cc1. The van der Waals surface area contributed by atoms with Gasteiger partial charge in [-0.15, -0.1) is 0 Å². The molecule has 43 heavy (non-hydrogen) atoms. The molecule has 0 aliphatic carbocycles. The zero-order valence-corrected chi connectivity index (χ0v) is 23.0. The van der Waals surface area contributed by atoms with E-state index < -0.39 is 0 Å². The second-order valence-electron chi connectivity index (χ2n) is 10.1. The Balaban J connectivity index is 1.55. The number of halogens is 2. The Bertz CT molecular complexity index is 2040. The minimum absolute atomic E-state index is 0.321. The number of fused-ring (bicyclic) bond motifs is 1. The Morgan fingerprint density at radius 2 is 1.09 bits per heavy atom. The van der Waals surface area contributed by atoms with Gasteiger partial charge in [-0.3, -0.25) is 0 Å². The number of rotatable bonds is 6. The molecule has 0 saturated heterocycles. The van der Waals surface area contributed by atoms with Gasteiger partial charge in [0.05, 0.1) is 22.6 Å². The van der Waals surface area contributed by atoms with E-state index in [9.17, 15) is 8.78 Å². The van der Waals surface area contributed by atoms with E-state index in [2.05, 4.69) is 4.90 Å². The average Bonchev–Trinajstić information content (AvgIpc) is 3.06. The van der Waals surface area contributed by atoms with E-state index in [1.165, 1.54) is 24.3 Å². The zero-order valence-electron chi connectivity index (χ0n) is 23.0. The molecule has 7 rings (SSSR count). The third kappa shape index (κ3) is 5.13. The van der Waals surface area contributed by atoms with Crippen LogP contribution in [0.4, 0.5) is 25.8 Å². The van der Waals surface area contributed by atoms with Crippen LogP contribution >= 0.6 is 0 Å². The van der Waals surface area contributed by atoms with Gasteiger partial charge in [0.1, 0.15) is 11.6 Å². The Kier molecular flexibility index (Phi) is 6.89. The number of benzene rings is 6. The third-order valence-electron chi connectivity index (χ3n) is 7.39. The summed E-state index contributed by atoms with van der Waals surface area (Å²) in [5.74, 6) is -0.0597. The number of nitrogens with zero attached hydrogens (tertiary/aromatic N) is 3. The molecule has 5 heteroatoms. The summed E-state index contributed by atoms with van der Waals surface area (Å²) >= 11 is 0. The fourth-order valence-electron chi connectivity index (χ4n) is 5.42. The summed E-state index contributed by atoms with van der Waals surface area (Å²) in [6, 6.07) is 46.7. The van der Waals surface area contributed by atoms with E-state index in [1.54, 1.807) is 18.2 Å². The van der Waals surface area contributed by atoms with Crippen molar-refractivity contribution in [2.75, 3.05) is 4.90 Å². The molecule has 0 atom stereocenters. The minimum atomic E-state index is -0.333. The van der Waals surface area contributed by atoms with Crippen molar-refractivity contribution in [3.05, 3.63) is 163 Å². The highest BCUT2D eigenvalue weighted by molar-refractivity contribution is 6.04. The van der Waals surface area contributed by atoms with E-state index in [-0.39, 0.29) is 11.6 Å². The first-order valence-corrected chi connectivity index (χ1v) is 14.0. The van der Waals surface area contributed by atoms with Crippen molar-refractivity contribution in [2.45, 2.75) is 0 Å². The van der Waals surface area contributed by atoms with Crippen molar-refractivity contribution in [3.8, 4) is 33.8 Å². The van der Waals surface area contributed by atoms with E-state index in [0.717, 1.165) is 55.9 Å². The van der Waals surface area contributed by atoms with Gasteiger partial charge in [-0.1, -0.05) is 103 Å². The lowest BCUT2D eigenvalue weighted by atomic mass is 10.0. The van der Waals surface area contributed by atoms with Gasteiger partial charge < -0.3 is 4.90 Å². The smallest absolute Gasteiger partial charge is 0.160 e. The van der Waals surface area contributed by atoms with Crippen molar-refractivity contribution in [2.24, 2.45) is 0 Å². The van der Waals surface area contributed by atoms with Crippen molar-refractivity contribution >= 4 is 28.0 Å². The Labute approximate surface area is 248 Å².